The lowest BCUT2D eigenvalue weighted by Gasteiger charge is -2.22. The van der Waals surface area contributed by atoms with Crippen molar-refractivity contribution < 1.29 is 13.6 Å². The van der Waals surface area contributed by atoms with Crippen molar-refractivity contribution in [2.24, 2.45) is 5.18 Å². The molecule has 0 aromatic rings. The molecule has 0 aliphatic rings. The first-order chi connectivity index (χ1) is 6.97. The van der Waals surface area contributed by atoms with Crippen molar-refractivity contribution in [3.63, 3.8) is 0 Å². The van der Waals surface area contributed by atoms with Crippen molar-refractivity contribution in [3.05, 3.63) is 4.91 Å². The maximum Gasteiger partial charge on any atom is 0.354 e. The van der Waals surface area contributed by atoms with Crippen LogP contribution in [0.1, 0.15) is 13.3 Å². The number of carbonyl (C=O) groups is 1. The first-order valence-electron chi connectivity index (χ1n) is 4.67. The molecule has 7 heteroatoms. The van der Waals surface area contributed by atoms with Gasteiger partial charge in [-0.15, -0.1) is 0 Å². The maximum atomic E-state index is 11.3. The SMILES string of the molecule is CO[Si](C)(CNC(=O)CC(C)N=O)OC. The largest absolute Gasteiger partial charge is 0.397 e. The zero-order chi connectivity index (χ0) is 11.9. The molecule has 0 aliphatic heterocycles. The molecule has 0 aromatic carbocycles. The Kier molecular flexibility index (Phi) is 6.30. The molecule has 0 saturated carbocycles. The van der Waals surface area contributed by atoms with Gasteiger partial charge in [-0.05, 0) is 13.5 Å². The standard InChI is InChI=1S/C8H18N2O4Si/c1-7(10-12)5-8(11)9-6-15(4,13-2)14-3/h7H,5-6H2,1-4H3,(H,9,11). The van der Waals surface area contributed by atoms with E-state index in [9.17, 15) is 9.70 Å². The molecule has 0 bridgehead atoms. The fourth-order valence-corrected chi connectivity index (χ4v) is 1.84. The monoisotopic (exact) mass is 234 g/mol. The van der Waals surface area contributed by atoms with E-state index in [0.29, 0.717) is 6.17 Å². The zero-order valence-corrected chi connectivity index (χ0v) is 10.6. The molecule has 0 spiro atoms. The summed E-state index contributed by atoms with van der Waals surface area (Å²) in [6.45, 7) is 3.44. The highest BCUT2D eigenvalue weighted by atomic mass is 28.4. The number of nitrogens with zero attached hydrogens (tertiary/aromatic N) is 1. The van der Waals surface area contributed by atoms with Gasteiger partial charge in [0.1, 0.15) is 0 Å². The van der Waals surface area contributed by atoms with Gasteiger partial charge in [-0.2, -0.15) is 4.91 Å². The lowest BCUT2D eigenvalue weighted by molar-refractivity contribution is -0.121. The predicted molar refractivity (Wildman–Crippen MR) is 58.5 cm³/mol. The van der Waals surface area contributed by atoms with Gasteiger partial charge in [0.05, 0.1) is 18.6 Å². The molecular weight excluding hydrogens is 216 g/mol. The molecule has 0 aromatic heterocycles. The number of rotatable bonds is 7. The zero-order valence-electron chi connectivity index (χ0n) is 9.57. The first-order valence-corrected chi connectivity index (χ1v) is 7.19. The van der Waals surface area contributed by atoms with Crippen LogP contribution in [0.2, 0.25) is 6.55 Å². The quantitative estimate of drug-likeness (QED) is 0.515. The van der Waals surface area contributed by atoms with Crippen LogP contribution in [-0.4, -0.2) is 40.9 Å². The van der Waals surface area contributed by atoms with Gasteiger partial charge in [-0.25, -0.2) is 0 Å². The molecule has 1 atom stereocenters. The number of nitroso groups, excluding NO2 is 1. The minimum atomic E-state index is -2.26. The Bertz CT molecular complexity index is 221. The summed E-state index contributed by atoms with van der Waals surface area (Å²) in [5.74, 6) is -0.213. The van der Waals surface area contributed by atoms with Crippen LogP contribution in [0.4, 0.5) is 0 Å². The molecular formula is C8H18N2O4Si. The van der Waals surface area contributed by atoms with Crippen molar-refractivity contribution in [2.75, 3.05) is 20.4 Å². The lowest BCUT2D eigenvalue weighted by atomic mass is 10.2. The van der Waals surface area contributed by atoms with E-state index in [1.54, 1.807) is 21.1 Å². The molecule has 88 valence electrons. The summed E-state index contributed by atoms with van der Waals surface area (Å²) in [7, 11) is 0.844. The molecule has 1 amide bonds. The van der Waals surface area contributed by atoms with Gasteiger partial charge in [0.2, 0.25) is 5.91 Å². The third kappa shape index (κ3) is 5.60. The van der Waals surface area contributed by atoms with Crippen LogP contribution in [0.5, 0.6) is 0 Å². The fourth-order valence-electron chi connectivity index (χ4n) is 0.865. The van der Waals surface area contributed by atoms with E-state index < -0.39 is 14.6 Å². The van der Waals surface area contributed by atoms with Crippen LogP contribution in [0.25, 0.3) is 0 Å². The third-order valence-corrected chi connectivity index (χ3v) is 4.68. The molecule has 0 rings (SSSR count). The molecule has 6 nitrogen and oxygen atoms in total. The Morgan fingerprint density at radius 3 is 2.40 bits per heavy atom. The van der Waals surface area contributed by atoms with Crippen LogP contribution in [0.3, 0.4) is 0 Å². The number of hydrogen-bond donors (Lipinski definition) is 1. The van der Waals surface area contributed by atoms with E-state index >= 15 is 0 Å². The molecule has 0 saturated heterocycles. The summed E-state index contributed by atoms with van der Waals surface area (Å²) in [5, 5.41) is 5.42. The summed E-state index contributed by atoms with van der Waals surface area (Å²) in [5.41, 5.74) is 0. The van der Waals surface area contributed by atoms with Gasteiger partial charge in [-0.1, -0.05) is 5.18 Å². The Morgan fingerprint density at radius 2 is 2.00 bits per heavy atom. The second-order valence-corrected chi connectivity index (χ2v) is 6.92. The van der Waals surface area contributed by atoms with Gasteiger partial charge in [0.15, 0.2) is 0 Å². The molecule has 0 aliphatic carbocycles. The maximum absolute atomic E-state index is 11.3. The summed E-state index contributed by atoms with van der Waals surface area (Å²) < 4.78 is 10.4. The summed E-state index contributed by atoms with van der Waals surface area (Å²) in [4.78, 5) is 21.4. The van der Waals surface area contributed by atoms with Gasteiger partial charge in [0.25, 0.3) is 0 Å². The van der Waals surface area contributed by atoms with Crippen molar-refractivity contribution in [3.8, 4) is 0 Å². The Morgan fingerprint density at radius 1 is 1.47 bits per heavy atom. The summed E-state index contributed by atoms with van der Waals surface area (Å²) >= 11 is 0. The normalized spacial score (nSPS) is 13.3. The Hall–Kier alpha value is -0.793. The highest BCUT2D eigenvalue weighted by molar-refractivity contribution is 6.66. The molecule has 1 unspecified atom stereocenters. The van der Waals surface area contributed by atoms with E-state index in [1.807, 2.05) is 6.55 Å². The first kappa shape index (κ1) is 14.2. The number of hydrogen-bond acceptors (Lipinski definition) is 5. The molecule has 15 heavy (non-hydrogen) atoms. The minimum Gasteiger partial charge on any atom is -0.397 e. The van der Waals surface area contributed by atoms with Crippen molar-refractivity contribution in [2.45, 2.75) is 25.9 Å². The van der Waals surface area contributed by atoms with Crippen molar-refractivity contribution >= 4 is 14.5 Å². The van der Waals surface area contributed by atoms with Crippen LogP contribution < -0.4 is 5.32 Å². The highest BCUT2D eigenvalue weighted by Crippen LogP contribution is 2.02. The summed E-state index contributed by atoms with van der Waals surface area (Å²) in [6, 6.07) is -0.497. The Balaban J connectivity index is 3.94. The van der Waals surface area contributed by atoms with Crippen LogP contribution >= 0.6 is 0 Å². The van der Waals surface area contributed by atoms with Crippen LogP contribution in [0, 0.1) is 4.91 Å². The number of nitrogens with one attached hydrogen (secondary N) is 1. The van der Waals surface area contributed by atoms with Crippen LogP contribution in [-0.2, 0) is 13.6 Å². The molecule has 1 N–H and O–H groups in total. The van der Waals surface area contributed by atoms with Crippen molar-refractivity contribution in [1.29, 1.82) is 0 Å². The van der Waals surface area contributed by atoms with Crippen molar-refractivity contribution in [1.82, 2.24) is 5.32 Å². The number of carbonyl (C=O) groups excluding carboxylic acids is 1. The molecule has 0 radical (unpaired) electrons. The van der Waals surface area contributed by atoms with E-state index in [1.165, 1.54) is 0 Å². The van der Waals surface area contributed by atoms with E-state index in [-0.39, 0.29) is 12.3 Å². The minimum absolute atomic E-state index is 0.0986. The fraction of sp³-hybridized carbons (Fsp3) is 0.875. The lowest BCUT2D eigenvalue weighted by Crippen LogP contribution is -2.49. The number of amides is 1. The topological polar surface area (TPSA) is 77.0 Å². The smallest absolute Gasteiger partial charge is 0.354 e. The van der Waals surface area contributed by atoms with Gasteiger partial charge >= 0.3 is 8.56 Å². The van der Waals surface area contributed by atoms with Gasteiger partial charge in [0, 0.05) is 14.2 Å². The van der Waals surface area contributed by atoms with Gasteiger partial charge < -0.3 is 14.2 Å². The highest BCUT2D eigenvalue weighted by Gasteiger charge is 2.29. The van der Waals surface area contributed by atoms with Gasteiger partial charge in [-0.3, -0.25) is 4.79 Å². The second-order valence-electron chi connectivity index (χ2n) is 3.48. The predicted octanol–water partition coefficient (Wildman–Crippen LogP) is 0.552. The van der Waals surface area contributed by atoms with E-state index in [2.05, 4.69) is 10.5 Å². The Labute approximate surface area is 90.6 Å². The molecule has 0 heterocycles. The van der Waals surface area contributed by atoms with E-state index in [4.69, 9.17) is 8.85 Å². The average molecular weight is 234 g/mol. The second kappa shape index (κ2) is 6.65. The van der Waals surface area contributed by atoms with E-state index in [0.717, 1.165) is 0 Å². The average Bonchev–Trinajstić information content (AvgIpc) is 2.25. The van der Waals surface area contributed by atoms with Crippen LogP contribution in [0.15, 0.2) is 5.18 Å². The molecule has 0 fully saturated rings. The summed E-state index contributed by atoms with van der Waals surface area (Å²) in [6.07, 6.45) is 0.464. The third-order valence-electron chi connectivity index (χ3n) is 2.13.